The Morgan fingerprint density at radius 3 is 2.31 bits per heavy atom. The number of carbonyl (C=O) groups is 2. The van der Waals surface area contributed by atoms with Crippen molar-refractivity contribution in [3.63, 3.8) is 0 Å². The lowest BCUT2D eigenvalue weighted by atomic mass is 10.2. The van der Waals surface area contributed by atoms with Crippen molar-refractivity contribution in [3.05, 3.63) is 59.7 Å². The van der Waals surface area contributed by atoms with Gasteiger partial charge in [0.05, 0.1) is 12.2 Å². The minimum Gasteiger partial charge on any atom is -0.493 e. The van der Waals surface area contributed by atoms with Crippen LogP contribution in [0.1, 0.15) is 29.8 Å². The number of ether oxygens (including phenoxy) is 2. The van der Waals surface area contributed by atoms with Crippen LogP contribution in [0.5, 0.6) is 5.75 Å². The average molecular weight is 399 g/mol. The third-order valence-corrected chi connectivity index (χ3v) is 4.28. The van der Waals surface area contributed by atoms with Crippen molar-refractivity contribution < 1.29 is 19.1 Å². The van der Waals surface area contributed by atoms with Crippen molar-refractivity contribution in [2.75, 3.05) is 39.3 Å². The summed E-state index contributed by atoms with van der Waals surface area (Å²) in [7, 11) is 5.65. The standard InChI is InChI=1S/C23H30N2O4/c1-17(2)15-28-21-8-6-7-19(13-21)23(27)29-16-22(26)25(5)14-18-9-11-20(12-10-18)24(3)4/h6-13,17H,14-16H2,1-5H3. The second-order valence-electron chi connectivity index (χ2n) is 7.62. The van der Waals surface area contributed by atoms with Crippen LogP contribution in [0.4, 0.5) is 5.69 Å². The van der Waals surface area contributed by atoms with Crippen molar-refractivity contribution in [1.82, 2.24) is 4.90 Å². The van der Waals surface area contributed by atoms with E-state index in [1.54, 1.807) is 36.2 Å². The molecule has 0 aromatic heterocycles. The molecular formula is C23H30N2O4. The van der Waals surface area contributed by atoms with Crippen LogP contribution in [0.2, 0.25) is 0 Å². The van der Waals surface area contributed by atoms with Crippen molar-refractivity contribution in [1.29, 1.82) is 0 Å². The lowest BCUT2D eigenvalue weighted by Gasteiger charge is -2.18. The Labute approximate surface area is 173 Å². The molecule has 2 rings (SSSR count). The number of esters is 1. The first-order chi connectivity index (χ1) is 13.8. The number of likely N-dealkylation sites (N-methyl/N-ethyl adjacent to an activating group) is 1. The average Bonchev–Trinajstić information content (AvgIpc) is 2.70. The predicted molar refractivity (Wildman–Crippen MR) is 114 cm³/mol. The molecular weight excluding hydrogens is 368 g/mol. The number of amides is 1. The van der Waals surface area contributed by atoms with Gasteiger partial charge in [-0.15, -0.1) is 0 Å². The maximum atomic E-state index is 12.3. The molecule has 2 aromatic rings. The Hall–Kier alpha value is -3.02. The predicted octanol–water partition coefficient (Wildman–Crippen LogP) is 3.60. The van der Waals surface area contributed by atoms with Crippen molar-refractivity contribution in [2.45, 2.75) is 20.4 Å². The number of hydrogen-bond acceptors (Lipinski definition) is 5. The van der Waals surface area contributed by atoms with Crippen LogP contribution in [0, 0.1) is 5.92 Å². The molecule has 0 saturated carbocycles. The Morgan fingerprint density at radius 1 is 1.00 bits per heavy atom. The zero-order chi connectivity index (χ0) is 21.4. The molecule has 0 radical (unpaired) electrons. The van der Waals surface area contributed by atoms with Crippen LogP contribution in [-0.4, -0.2) is 51.1 Å². The molecule has 0 aliphatic heterocycles. The minimum absolute atomic E-state index is 0.262. The van der Waals surface area contributed by atoms with Crippen LogP contribution in [0.25, 0.3) is 0 Å². The topological polar surface area (TPSA) is 59.1 Å². The first kappa shape index (κ1) is 22.3. The van der Waals surface area contributed by atoms with E-state index in [4.69, 9.17) is 9.47 Å². The first-order valence-corrected chi connectivity index (χ1v) is 9.66. The van der Waals surface area contributed by atoms with E-state index in [0.717, 1.165) is 11.3 Å². The summed E-state index contributed by atoms with van der Waals surface area (Å²) >= 11 is 0. The van der Waals surface area contributed by atoms with Gasteiger partial charge < -0.3 is 19.3 Å². The van der Waals surface area contributed by atoms with Gasteiger partial charge in [0.1, 0.15) is 5.75 Å². The summed E-state index contributed by atoms with van der Waals surface area (Å²) < 4.78 is 10.8. The summed E-state index contributed by atoms with van der Waals surface area (Å²) in [5.41, 5.74) is 2.46. The van der Waals surface area contributed by atoms with Crippen LogP contribution < -0.4 is 9.64 Å². The molecule has 0 unspecified atom stereocenters. The van der Waals surface area contributed by atoms with Gasteiger partial charge in [0, 0.05) is 33.4 Å². The maximum Gasteiger partial charge on any atom is 0.338 e. The van der Waals surface area contributed by atoms with E-state index in [9.17, 15) is 9.59 Å². The maximum absolute atomic E-state index is 12.3. The van der Waals surface area contributed by atoms with Gasteiger partial charge in [0.25, 0.3) is 5.91 Å². The van der Waals surface area contributed by atoms with Crippen molar-refractivity contribution in [2.24, 2.45) is 5.92 Å². The highest BCUT2D eigenvalue weighted by molar-refractivity contribution is 5.91. The number of anilines is 1. The number of benzene rings is 2. The molecule has 0 aliphatic carbocycles. The minimum atomic E-state index is -0.544. The van der Waals surface area contributed by atoms with Crippen LogP contribution in [0.15, 0.2) is 48.5 Å². The number of nitrogens with zero attached hydrogens (tertiary/aromatic N) is 2. The van der Waals surface area contributed by atoms with Crippen molar-refractivity contribution in [3.8, 4) is 5.75 Å². The highest BCUT2D eigenvalue weighted by Gasteiger charge is 2.14. The first-order valence-electron chi connectivity index (χ1n) is 9.66. The van der Waals surface area contributed by atoms with Gasteiger partial charge >= 0.3 is 5.97 Å². The SMILES string of the molecule is CC(C)COc1cccc(C(=O)OCC(=O)N(C)Cc2ccc(N(C)C)cc2)c1. The van der Waals surface area contributed by atoms with E-state index in [1.165, 1.54) is 0 Å². The Bertz CT molecular complexity index is 816. The molecule has 0 atom stereocenters. The van der Waals surface area contributed by atoms with Gasteiger partial charge in [-0.2, -0.15) is 0 Å². The zero-order valence-electron chi connectivity index (χ0n) is 17.8. The summed E-state index contributed by atoms with van der Waals surface area (Å²) in [6.45, 7) is 4.82. The molecule has 29 heavy (non-hydrogen) atoms. The van der Waals surface area contributed by atoms with E-state index >= 15 is 0 Å². The molecule has 156 valence electrons. The molecule has 1 amide bonds. The van der Waals surface area contributed by atoms with Crippen molar-refractivity contribution >= 4 is 17.6 Å². The number of rotatable bonds is 9. The fourth-order valence-electron chi connectivity index (χ4n) is 2.56. The van der Waals surface area contributed by atoms with E-state index < -0.39 is 5.97 Å². The van der Waals surface area contributed by atoms with Gasteiger partial charge in [0.2, 0.25) is 0 Å². The van der Waals surface area contributed by atoms with Gasteiger partial charge in [0.15, 0.2) is 6.61 Å². The van der Waals surface area contributed by atoms with Crippen LogP contribution in [0.3, 0.4) is 0 Å². The van der Waals surface area contributed by atoms with E-state index in [1.807, 2.05) is 43.3 Å². The Balaban J connectivity index is 1.86. The molecule has 0 saturated heterocycles. The molecule has 2 aromatic carbocycles. The quantitative estimate of drug-likeness (QED) is 0.604. The van der Waals surface area contributed by atoms with E-state index in [2.05, 4.69) is 13.8 Å². The second kappa shape index (κ2) is 10.5. The fourth-order valence-corrected chi connectivity index (χ4v) is 2.56. The van der Waals surface area contributed by atoms with Gasteiger partial charge in [-0.25, -0.2) is 4.79 Å². The molecule has 6 nitrogen and oxygen atoms in total. The molecule has 0 bridgehead atoms. The van der Waals surface area contributed by atoms with Gasteiger partial charge in [-0.05, 0) is 41.8 Å². The summed E-state index contributed by atoms with van der Waals surface area (Å²) in [6, 6.07) is 14.8. The molecule has 0 aliphatic rings. The fraction of sp³-hybridized carbons (Fsp3) is 0.391. The summed E-state index contributed by atoms with van der Waals surface area (Å²) in [4.78, 5) is 28.1. The lowest BCUT2D eigenvalue weighted by molar-refractivity contribution is -0.133. The molecule has 0 heterocycles. The Kier molecular flexibility index (Phi) is 8.07. The monoisotopic (exact) mass is 398 g/mol. The third kappa shape index (κ3) is 7.14. The lowest BCUT2D eigenvalue weighted by Crippen LogP contribution is -2.30. The normalized spacial score (nSPS) is 10.6. The smallest absolute Gasteiger partial charge is 0.338 e. The summed E-state index contributed by atoms with van der Waals surface area (Å²) in [5.74, 6) is 0.190. The third-order valence-electron chi connectivity index (χ3n) is 4.28. The summed E-state index contributed by atoms with van der Waals surface area (Å²) in [5, 5.41) is 0. The largest absolute Gasteiger partial charge is 0.493 e. The number of carbonyl (C=O) groups excluding carboxylic acids is 2. The van der Waals surface area contributed by atoms with E-state index in [0.29, 0.717) is 30.4 Å². The highest BCUT2D eigenvalue weighted by Crippen LogP contribution is 2.16. The van der Waals surface area contributed by atoms with Gasteiger partial charge in [-0.3, -0.25) is 4.79 Å². The second-order valence-corrected chi connectivity index (χ2v) is 7.62. The molecule has 0 N–H and O–H groups in total. The Morgan fingerprint density at radius 2 is 1.69 bits per heavy atom. The van der Waals surface area contributed by atoms with Gasteiger partial charge in [-0.1, -0.05) is 32.0 Å². The van der Waals surface area contributed by atoms with Crippen LogP contribution in [-0.2, 0) is 16.1 Å². The van der Waals surface area contributed by atoms with Crippen LogP contribution >= 0.6 is 0 Å². The summed E-state index contributed by atoms with van der Waals surface area (Å²) in [6.07, 6.45) is 0. The van der Waals surface area contributed by atoms with E-state index in [-0.39, 0.29) is 12.5 Å². The molecule has 0 fully saturated rings. The zero-order valence-corrected chi connectivity index (χ0v) is 17.8. The molecule has 0 spiro atoms. The number of hydrogen-bond donors (Lipinski definition) is 0. The highest BCUT2D eigenvalue weighted by atomic mass is 16.5. The molecule has 6 heteroatoms.